The number of esters is 1. The van der Waals surface area contributed by atoms with Gasteiger partial charge < -0.3 is 13.6 Å². The van der Waals surface area contributed by atoms with Crippen molar-refractivity contribution in [1.29, 1.82) is 0 Å². The third-order valence-corrected chi connectivity index (χ3v) is 21.1. The molecular formula is C35H59BrO5SSi2. The second-order valence-corrected chi connectivity index (χ2v) is 27.1. The zero-order valence-electron chi connectivity index (χ0n) is 29.5. The van der Waals surface area contributed by atoms with Gasteiger partial charge in [-0.1, -0.05) is 65.8 Å². The Balaban J connectivity index is 2.35. The van der Waals surface area contributed by atoms with Crippen molar-refractivity contribution in [3.05, 3.63) is 44.6 Å². The SMILES string of the molecule is COC(=O)CCCC=CC[C@H]1C(=O)C[C@@H](O[Si](C)(C)C(C)(C)C)[C@@H]1C=CC(CCc1cc(Br)c(C)s1)O[Si](C)(C)C(C)(C)C. The van der Waals surface area contributed by atoms with Gasteiger partial charge >= 0.3 is 5.97 Å². The highest BCUT2D eigenvalue weighted by Gasteiger charge is 2.47. The fourth-order valence-corrected chi connectivity index (χ4v) is 9.21. The molecule has 1 heterocycles. The summed E-state index contributed by atoms with van der Waals surface area (Å²) in [5.74, 6) is -0.0258. The monoisotopic (exact) mass is 726 g/mol. The molecule has 9 heteroatoms. The van der Waals surface area contributed by atoms with Gasteiger partial charge in [-0.2, -0.15) is 0 Å². The van der Waals surface area contributed by atoms with Gasteiger partial charge in [0.25, 0.3) is 0 Å². The first-order valence-electron chi connectivity index (χ1n) is 16.2. The van der Waals surface area contributed by atoms with E-state index >= 15 is 0 Å². The van der Waals surface area contributed by atoms with Crippen LogP contribution in [-0.4, -0.2) is 47.7 Å². The highest BCUT2D eigenvalue weighted by molar-refractivity contribution is 9.10. The smallest absolute Gasteiger partial charge is 0.305 e. The highest BCUT2D eigenvalue weighted by Crippen LogP contribution is 2.43. The zero-order chi connectivity index (χ0) is 33.5. The lowest BCUT2D eigenvalue weighted by atomic mass is 9.90. The first-order chi connectivity index (χ1) is 20.2. The summed E-state index contributed by atoms with van der Waals surface area (Å²) >= 11 is 5.52. The van der Waals surface area contributed by atoms with E-state index in [1.807, 2.05) is 11.3 Å². The van der Waals surface area contributed by atoms with Gasteiger partial charge in [-0.05, 0) is 97.3 Å². The van der Waals surface area contributed by atoms with Crippen LogP contribution in [0.2, 0.25) is 36.3 Å². The molecule has 0 bridgehead atoms. The second kappa shape index (κ2) is 16.3. The summed E-state index contributed by atoms with van der Waals surface area (Å²) in [7, 11) is -2.71. The van der Waals surface area contributed by atoms with E-state index in [-0.39, 0.29) is 45.9 Å². The lowest BCUT2D eigenvalue weighted by Crippen LogP contribution is -2.45. The third kappa shape index (κ3) is 11.4. The van der Waals surface area contributed by atoms with Gasteiger partial charge in [-0.25, -0.2) is 0 Å². The number of ketones is 1. The van der Waals surface area contributed by atoms with Gasteiger partial charge in [0.05, 0.1) is 19.3 Å². The number of aryl methyl sites for hydroxylation is 2. The normalized spacial score (nSPS) is 21.1. The van der Waals surface area contributed by atoms with Crippen molar-refractivity contribution in [3.8, 4) is 0 Å². The van der Waals surface area contributed by atoms with E-state index in [4.69, 9.17) is 13.6 Å². The summed E-state index contributed by atoms with van der Waals surface area (Å²) in [5, 5.41) is 0.156. The van der Waals surface area contributed by atoms with E-state index in [1.165, 1.54) is 21.3 Å². The molecule has 4 atom stereocenters. The second-order valence-electron chi connectivity index (χ2n) is 15.4. The van der Waals surface area contributed by atoms with E-state index in [1.54, 1.807) is 0 Å². The Morgan fingerprint density at radius 2 is 1.73 bits per heavy atom. The largest absolute Gasteiger partial charge is 0.469 e. The van der Waals surface area contributed by atoms with Crippen LogP contribution in [0.3, 0.4) is 0 Å². The summed E-state index contributed by atoms with van der Waals surface area (Å²) in [6.07, 6.45) is 13.5. The van der Waals surface area contributed by atoms with Crippen LogP contribution >= 0.6 is 27.3 Å². The molecule has 0 aromatic carbocycles. The molecule has 0 N–H and O–H groups in total. The summed E-state index contributed by atoms with van der Waals surface area (Å²) in [4.78, 5) is 27.6. The molecule has 5 nitrogen and oxygen atoms in total. The van der Waals surface area contributed by atoms with Crippen molar-refractivity contribution in [3.63, 3.8) is 0 Å². The molecule has 0 amide bonds. The number of carbonyl (C=O) groups is 2. The summed E-state index contributed by atoms with van der Waals surface area (Å²) in [6.45, 7) is 24.9. The number of hydrogen-bond acceptors (Lipinski definition) is 6. The number of unbranched alkanes of at least 4 members (excludes halogenated alkanes) is 1. The number of Topliss-reactive ketones (excluding diaryl/α,β-unsaturated/α-hetero) is 1. The molecule has 1 fully saturated rings. The number of ether oxygens (including phenoxy) is 1. The zero-order valence-corrected chi connectivity index (χ0v) is 33.9. The first-order valence-corrected chi connectivity index (χ1v) is 23.6. The Kier molecular flexibility index (Phi) is 14.6. The fraction of sp³-hybridized carbons (Fsp3) is 0.714. The van der Waals surface area contributed by atoms with Crippen LogP contribution in [0.25, 0.3) is 0 Å². The topological polar surface area (TPSA) is 61.8 Å². The standard InChI is InChI=1S/C35H59BrO5SSi2/c1-25-30(36)23-27(42-25)21-19-26(40-43(9,10)34(2,3)4)20-22-29-28(17-15-13-14-16-18-33(38)39-8)31(37)24-32(29)41-44(11,12)35(5,6)7/h13,15,20,22-23,26,28-29,32H,14,16-19,21,24H2,1-12H3/t26?,28-,29-,32-/m1/s1. The molecule has 0 aliphatic heterocycles. The number of halogens is 1. The molecule has 1 aromatic heterocycles. The van der Waals surface area contributed by atoms with Crippen molar-refractivity contribution in [1.82, 2.24) is 0 Å². The summed E-state index contributed by atoms with van der Waals surface area (Å²) in [5.41, 5.74) is 0. The van der Waals surface area contributed by atoms with Gasteiger partial charge in [0.1, 0.15) is 5.78 Å². The molecule has 1 unspecified atom stereocenters. The van der Waals surface area contributed by atoms with Gasteiger partial charge in [0, 0.05) is 38.9 Å². The van der Waals surface area contributed by atoms with E-state index in [9.17, 15) is 9.59 Å². The Bertz CT molecular complexity index is 1140. The van der Waals surface area contributed by atoms with Gasteiger partial charge in [-0.15, -0.1) is 11.3 Å². The number of thiophene rings is 1. The number of allylic oxidation sites excluding steroid dienone is 2. The van der Waals surface area contributed by atoms with Crippen LogP contribution in [0.5, 0.6) is 0 Å². The number of rotatable bonds is 15. The molecule has 2 rings (SSSR count). The van der Waals surface area contributed by atoms with Crippen molar-refractivity contribution < 1.29 is 23.2 Å². The highest BCUT2D eigenvalue weighted by atomic mass is 79.9. The first kappa shape index (κ1) is 39.3. The van der Waals surface area contributed by atoms with Gasteiger partial charge in [0.2, 0.25) is 0 Å². The number of carbonyl (C=O) groups excluding carboxylic acids is 2. The predicted molar refractivity (Wildman–Crippen MR) is 195 cm³/mol. The molecule has 250 valence electrons. The minimum Gasteiger partial charge on any atom is -0.469 e. The van der Waals surface area contributed by atoms with Crippen LogP contribution in [0.15, 0.2) is 34.8 Å². The summed E-state index contributed by atoms with van der Waals surface area (Å²) < 4.78 is 19.9. The van der Waals surface area contributed by atoms with Gasteiger partial charge in [0.15, 0.2) is 16.6 Å². The molecule has 1 saturated carbocycles. The minimum absolute atomic E-state index is 0.0000125. The van der Waals surface area contributed by atoms with Crippen LogP contribution in [0.1, 0.15) is 89.8 Å². The molecule has 0 radical (unpaired) electrons. The minimum atomic E-state index is -2.09. The maximum atomic E-state index is 13.5. The van der Waals surface area contributed by atoms with Crippen LogP contribution in [0.4, 0.5) is 0 Å². The summed E-state index contributed by atoms with van der Waals surface area (Å²) in [6, 6.07) is 2.24. The maximum Gasteiger partial charge on any atom is 0.305 e. The van der Waals surface area contributed by atoms with E-state index in [0.717, 1.165) is 25.7 Å². The van der Waals surface area contributed by atoms with Crippen LogP contribution in [-0.2, 0) is 29.6 Å². The van der Waals surface area contributed by atoms with Crippen molar-refractivity contribution in [2.24, 2.45) is 11.8 Å². The lowest BCUT2D eigenvalue weighted by molar-refractivity contribution is -0.140. The van der Waals surface area contributed by atoms with Gasteiger partial charge in [-0.3, -0.25) is 9.59 Å². The molecule has 1 aliphatic rings. The van der Waals surface area contributed by atoms with E-state index < -0.39 is 16.6 Å². The predicted octanol–water partition coefficient (Wildman–Crippen LogP) is 10.6. The molecule has 0 saturated heterocycles. The Hall–Kier alpha value is -0.846. The molecule has 1 aromatic rings. The quantitative estimate of drug-likeness (QED) is 0.0779. The lowest BCUT2D eigenvalue weighted by Gasteiger charge is -2.40. The van der Waals surface area contributed by atoms with Crippen LogP contribution in [0, 0.1) is 18.8 Å². The average molecular weight is 728 g/mol. The van der Waals surface area contributed by atoms with E-state index in [2.05, 4.69) is 121 Å². The number of hydrogen-bond donors (Lipinski definition) is 0. The Morgan fingerprint density at radius 1 is 1.09 bits per heavy atom. The number of methoxy groups -OCH3 is 1. The molecule has 1 aliphatic carbocycles. The van der Waals surface area contributed by atoms with Crippen molar-refractivity contribution >= 4 is 55.7 Å². The van der Waals surface area contributed by atoms with E-state index in [0.29, 0.717) is 19.3 Å². The average Bonchev–Trinajstić information content (AvgIpc) is 3.37. The molecule has 44 heavy (non-hydrogen) atoms. The Labute approximate surface area is 283 Å². The Morgan fingerprint density at radius 3 is 2.27 bits per heavy atom. The third-order valence-electron chi connectivity index (χ3n) is 9.88. The van der Waals surface area contributed by atoms with Crippen molar-refractivity contribution in [2.45, 2.75) is 142 Å². The molecule has 0 spiro atoms. The molecular weight excluding hydrogens is 669 g/mol. The van der Waals surface area contributed by atoms with Crippen LogP contribution < -0.4 is 0 Å². The van der Waals surface area contributed by atoms with Crippen molar-refractivity contribution in [2.75, 3.05) is 7.11 Å². The fourth-order valence-electron chi connectivity index (χ4n) is 4.94. The maximum absolute atomic E-state index is 13.5.